The van der Waals surface area contributed by atoms with Gasteiger partial charge in [-0.15, -0.1) is 0 Å². The van der Waals surface area contributed by atoms with E-state index < -0.39 is 0 Å². The fourth-order valence-electron chi connectivity index (χ4n) is 2.87. The van der Waals surface area contributed by atoms with Crippen molar-refractivity contribution in [1.82, 2.24) is 5.43 Å². The lowest BCUT2D eigenvalue weighted by molar-refractivity contribution is 0.0956. The van der Waals surface area contributed by atoms with Crippen LogP contribution >= 0.6 is 0 Å². The van der Waals surface area contributed by atoms with Crippen LogP contribution in [0.5, 0.6) is 0 Å². The van der Waals surface area contributed by atoms with Crippen LogP contribution in [-0.4, -0.2) is 12.1 Å². The van der Waals surface area contributed by atoms with Gasteiger partial charge < -0.3 is 0 Å². The lowest BCUT2D eigenvalue weighted by atomic mass is 9.99. The van der Waals surface area contributed by atoms with E-state index in [2.05, 4.69) is 36.5 Å². The molecule has 0 aromatic heterocycles. The molecule has 3 rings (SSSR count). The highest BCUT2D eigenvalue weighted by Crippen LogP contribution is 2.22. The molecule has 126 valence electrons. The first-order valence-corrected chi connectivity index (χ1v) is 8.48. The molecule has 0 saturated heterocycles. The van der Waals surface area contributed by atoms with Gasteiger partial charge in [0.05, 0.1) is 11.8 Å². The van der Waals surface area contributed by atoms with Gasteiger partial charge in [-0.05, 0) is 40.3 Å². The minimum Gasteiger partial charge on any atom is -0.267 e. The molecule has 0 unspecified atom stereocenters. The van der Waals surface area contributed by atoms with E-state index in [0.29, 0.717) is 11.5 Å². The number of aryl methyl sites for hydroxylation is 1. The highest BCUT2D eigenvalue weighted by atomic mass is 16.2. The number of hydrogen-bond donors (Lipinski definition) is 1. The normalized spacial score (nSPS) is 11.4. The van der Waals surface area contributed by atoms with Crippen molar-refractivity contribution in [2.45, 2.75) is 26.7 Å². The first kappa shape index (κ1) is 16.9. The molecule has 3 aromatic carbocycles. The van der Waals surface area contributed by atoms with Crippen LogP contribution in [0.25, 0.3) is 10.8 Å². The topological polar surface area (TPSA) is 41.5 Å². The molecule has 0 spiro atoms. The molecule has 3 aromatic rings. The molecule has 0 fully saturated rings. The Morgan fingerprint density at radius 2 is 1.72 bits per heavy atom. The van der Waals surface area contributed by atoms with Gasteiger partial charge >= 0.3 is 0 Å². The van der Waals surface area contributed by atoms with Gasteiger partial charge in [-0.1, -0.05) is 74.5 Å². The molecular weight excluding hydrogens is 308 g/mol. The summed E-state index contributed by atoms with van der Waals surface area (Å²) in [6.45, 7) is 6.27. The number of amides is 1. The van der Waals surface area contributed by atoms with Gasteiger partial charge in [-0.3, -0.25) is 4.79 Å². The maximum Gasteiger partial charge on any atom is 0.272 e. The van der Waals surface area contributed by atoms with Crippen molar-refractivity contribution in [2.75, 3.05) is 0 Å². The predicted octanol–water partition coefficient (Wildman–Crippen LogP) is 5.04. The molecule has 0 atom stereocenters. The van der Waals surface area contributed by atoms with Crippen molar-refractivity contribution in [3.63, 3.8) is 0 Å². The Morgan fingerprint density at radius 1 is 1.00 bits per heavy atom. The zero-order chi connectivity index (χ0) is 17.8. The van der Waals surface area contributed by atoms with E-state index in [1.54, 1.807) is 6.21 Å². The van der Waals surface area contributed by atoms with E-state index >= 15 is 0 Å². The minimum atomic E-state index is -0.190. The average molecular weight is 330 g/mol. The molecule has 3 nitrogen and oxygen atoms in total. The summed E-state index contributed by atoms with van der Waals surface area (Å²) in [5.41, 5.74) is 6.50. The smallest absolute Gasteiger partial charge is 0.267 e. The summed E-state index contributed by atoms with van der Waals surface area (Å²) in [5.74, 6) is 0.310. The monoisotopic (exact) mass is 330 g/mol. The first-order chi connectivity index (χ1) is 12.1. The molecule has 0 saturated carbocycles. The van der Waals surface area contributed by atoms with Gasteiger partial charge in [0.1, 0.15) is 0 Å². The fourth-order valence-corrected chi connectivity index (χ4v) is 2.87. The number of fused-ring (bicyclic) bond motifs is 1. The Bertz CT molecular complexity index is 924. The van der Waals surface area contributed by atoms with Crippen LogP contribution in [0.4, 0.5) is 0 Å². The van der Waals surface area contributed by atoms with Gasteiger partial charge in [0.25, 0.3) is 5.91 Å². The molecule has 25 heavy (non-hydrogen) atoms. The van der Waals surface area contributed by atoms with E-state index in [0.717, 1.165) is 21.9 Å². The second kappa shape index (κ2) is 7.31. The molecule has 0 aliphatic rings. The number of hydrogen-bond acceptors (Lipinski definition) is 2. The Labute approximate surface area is 148 Å². The van der Waals surface area contributed by atoms with Crippen molar-refractivity contribution in [3.05, 3.63) is 82.9 Å². The number of carbonyl (C=O) groups excluding carboxylic acids is 1. The fraction of sp³-hybridized carbons (Fsp3) is 0.182. The summed E-state index contributed by atoms with van der Waals surface area (Å²) >= 11 is 0. The van der Waals surface area contributed by atoms with Gasteiger partial charge in [0.15, 0.2) is 0 Å². The number of rotatable bonds is 4. The molecule has 0 aliphatic heterocycles. The second-order valence-corrected chi connectivity index (χ2v) is 6.50. The first-order valence-electron chi connectivity index (χ1n) is 8.48. The van der Waals surface area contributed by atoms with E-state index in [9.17, 15) is 4.79 Å². The number of carbonyl (C=O) groups is 1. The standard InChI is InChI=1S/C22H22N2O/c1-15(2)18-12-9-17(10-13-18)14-23-24-22(25)21-16(3)8-11-19-6-4-5-7-20(19)21/h4-15H,1-3H3,(H,24,25)/b23-14-. The second-order valence-electron chi connectivity index (χ2n) is 6.50. The van der Waals surface area contributed by atoms with Gasteiger partial charge in [0.2, 0.25) is 0 Å². The third-order valence-electron chi connectivity index (χ3n) is 4.35. The van der Waals surface area contributed by atoms with Crippen LogP contribution in [0.2, 0.25) is 0 Å². The molecular formula is C22H22N2O. The van der Waals surface area contributed by atoms with E-state index in [1.807, 2.05) is 55.5 Å². The van der Waals surface area contributed by atoms with Gasteiger partial charge in [-0.25, -0.2) is 5.43 Å². The number of nitrogens with zero attached hydrogens (tertiary/aromatic N) is 1. The minimum absolute atomic E-state index is 0.190. The molecule has 3 heteroatoms. The van der Waals surface area contributed by atoms with Crippen LogP contribution in [0.1, 0.15) is 46.8 Å². The Morgan fingerprint density at radius 3 is 2.44 bits per heavy atom. The van der Waals surface area contributed by atoms with Crippen LogP contribution in [0.3, 0.4) is 0 Å². The zero-order valence-corrected chi connectivity index (χ0v) is 14.8. The summed E-state index contributed by atoms with van der Waals surface area (Å²) in [6, 6.07) is 20.1. The Hall–Kier alpha value is -2.94. The van der Waals surface area contributed by atoms with E-state index in [-0.39, 0.29) is 5.91 Å². The summed E-state index contributed by atoms with van der Waals surface area (Å²) in [7, 11) is 0. The van der Waals surface area contributed by atoms with Crippen LogP contribution < -0.4 is 5.43 Å². The molecule has 0 aliphatic carbocycles. The van der Waals surface area contributed by atoms with Crippen molar-refractivity contribution in [1.29, 1.82) is 0 Å². The molecule has 1 N–H and O–H groups in total. The zero-order valence-electron chi connectivity index (χ0n) is 14.8. The summed E-state index contributed by atoms with van der Waals surface area (Å²) in [4.78, 5) is 12.6. The number of hydrazone groups is 1. The van der Waals surface area contributed by atoms with Crippen LogP contribution in [0, 0.1) is 6.92 Å². The largest absolute Gasteiger partial charge is 0.272 e. The lowest BCUT2D eigenvalue weighted by Crippen LogP contribution is -2.19. The quantitative estimate of drug-likeness (QED) is 0.529. The molecule has 0 heterocycles. The predicted molar refractivity (Wildman–Crippen MR) is 104 cm³/mol. The molecule has 0 bridgehead atoms. The van der Waals surface area contributed by atoms with Crippen LogP contribution in [0.15, 0.2) is 65.8 Å². The highest BCUT2D eigenvalue weighted by molar-refractivity contribution is 6.08. The molecule has 0 radical (unpaired) electrons. The summed E-state index contributed by atoms with van der Waals surface area (Å²) < 4.78 is 0. The van der Waals surface area contributed by atoms with Crippen molar-refractivity contribution >= 4 is 22.9 Å². The maximum absolute atomic E-state index is 12.6. The SMILES string of the molecule is Cc1ccc2ccccc2c1C(=O)N/N=C\c1ccc(C(C)C)cc1. The number of nitrogens with one attached hydrogen (secondary N) is 1. The Balaban J connectivity index is 1.78. The van der Waals surface area contributed by atoms with Crippen molar-refractivity contribution in [2.24, 2.45) is 5.10 Å². The van der Waals surface area contributed by atoms with Gasteiger partial charge in [-0.2, -0.15) is 5.10 Å². The van der Waals surface area contributed by atoms with Crippen LogP contribution in [-0.2, 0) is 0 Å². The van der Waals surface area contributed by atoms with E-state index in [4.69, 9.17) is 0 Å². The number of benzene rings is 3. The third-order valence-corrected chi connectivity index (χ3v) is 4.35. The van der Waals surface area contributed by atoms with E-state index in [1.165, 1.54) is 5.56 Å². The summed E-state index contributed by atoms with van der Waals surface area (Å²) in [5, 5.41) is 6.10. The maximum atomic E-state index is 12.6. The third kappa shape index (κ3) is 3.77. The lowest BCUT2D eigenvalue weighted by Gasteiger charge is -2.08. The summed E-state index contributed by atoms with van der Waals surface area (Å²) in [6.07, 6.45) is 1.67. The van der Waals surface area contributed by atoms with Gasteiger partial charge in [0, 0.05) is 0 Å². The Kier molecular flexibility index (Phi) is 4.94. The van der Waals surface area contributed by atoms with Crippen molar-refractivity contribution in [3.8, 4) is 0 Å². The molecule has 1 amide bonds. The average Bonchev–Trinajstić information content (AvgIpc) is 2.62. The highest BCUT2D eigenvalue weighted by Gasteiger charge is 2.12. The van der Waals surface area contributed by atoms with Crippen molar-refractivity contribution < 1.29 is 4.79 Å².